The molecular formula is C18H20N4O5S. The monoisotopic (exact) mass is 404 g/mol. The van der Waals surface area contributed by atoms with Crippen molar-refractivity contribution < 1.29 is 23.1 Å². The molecule has 1 aromatic carbocycles. The van der Waals surface area contributed by atoms with Crippen LogP contribution < -0.4 is 4.74 Å². The van der Waals surface area contributed by atoms with Crippen molar-refractivity contribution in [3.8, 4) is 17.3 Å². The van der Waals surface area contributed by atoms with Crippen molar-refractivity contribution in [2.45, 2.75) is 13.3 Å². The van der Waals surface area contributed by atoms with Crippen molar-refractivity contribution in [1.29, 1.82) is 0 Å². The van der Waals surface area contributed by atoms with Crippen LogP contribution in [0.5, 0.6) is 5.75 Å². The second-order valence-electron chi connectivity index (χ2n) is 6.22. The van der Waals surface area contributed by atoms with Crippen LogP contribution in [0.3, 0.4) is 0 Å². The molecular weight excluding hydrogens is 384 g/mol. The van der Waals surface area contributed by atoms with Crippen LogP contribution in [-0.2, 0) is 16.6 Å². The highest BCUT2D eigenvalue weighted by Crippen LogP contribution is 2.33. The molecule has 0 amide bonds. The van der Waals surface area contributed by atoms with Crippen LogP contribution in [-0.4, -0.2) is 58.9 Å². The summed E-state index contributed by atoms with van der Waals surface area (Å²) in [6.45, 7) is 1.87. The van der Waals surface area contributed by atoms with E-state index in [0.717, 1.165) is 13.8 Å². The minimum absolute atomic E-state index is 0.0339. The van der Waals surface area contributed by atoms with Crippen LogP contribution in [0.2, 0.25) is 0 Å². The fourth-order valence-corrected chi connectivity index (χ4v) is 3.87. The minimum atomic E-state index is -4.02. The van der Waals surface area contributed by atoms with Crippen LogP contribution >= 0.6 is 0 Å². The largest absolute Gasteiger partial charge is 0.494 e. The van der Waals surface area contributed by atoms with Gasteiger partial charge in [0.2, 0.25) is 0 Å². The number of carbonyl (C=O) groups is 1. The molecule has 2 aromatic heterocycles. The third-order valence-electron chi connectivity index (χ3n) is 4.31. The highest BCUT2D eigenvalue weighted by Gasteiger charge is 2.29. The lowest BCUT2D eigenvalue weighted by Crippen LogP contribution is -2.29. The standard InChI is InChI=1S/C18H20N4O5S/c1-5-11-9-12(18(23)24)15(19-10-11)17-20-16-13(7-6-8-14(16)27-4)22(17)28(25,26)21(2)3/h6-10H,5H2,1-4H3,(H,23,24). The van der Waals surface area contributed by atoms with E-state index in [1.165, 1.54) is 33.5 Å². The van der Waals surface area contributed by atoms with Gasteiger partial charge in [-0.05, 0) is 30.2 Å². The van der Waals surface area contributed by atoms with E-state index >= 15 is 0 Å². The van der Waals surface area contributed by atoms with E-state index in [-0.39, 0.29) is 22.6 Å². The number of benzene rings is 1. The summed E-state index contributed by atoms with van der Waals surface area (Å²) in [5, 5.41) is 9.66. The van der Waals surface area contributed by atoms with Crippen molar-refractivity contribution in [2.75, 3.05) is 21.2 Å². The lowest BCUT2D eigenvalue weighted by Gasteiger charge is -2.16. The van der Waals surface area contributed by atoms with Gasteiger partial charge in [0.05, 0.1) is 18.2 Å². The molecule has 0 bridgehead atoms. The summed E-state index contributed by atoms with van der Waals surface area (Å²) in [4.78, 5) is 20.5. The molecule has 28 heavy (non-hydrogen) atoms. The molecule has 1 N–H and O–H groups in total. The third-order valence-corrected chi connectivity index (χ3v) is 6.07. The number of pyridine rings is 1. The first kappa shape index (κ1) is 19.8. The minimum Gasteiger partial charge on any atom is -0.494 e. The molecule has 0 aliphatic heterocycles. The zero-order chi connectivity index (χ0) is 20.6. The van der Waals surface area contributed by atoms with Gasteiger partial charge in [-0.3, -0.25) is 4.98 Å². The molecule has 3 rings (SSSR count). The van der Waals surface area contributed by atoms with E-state index in [1.54, 1.807) is 18.2 Å². The van der Waals surface area contributed by atoms with Crippen LogP contribution in [0, 0.1) is 0 Å². The Morgan fingerprint density at radius 2 is 2.04 bits per heavy atom. The number of carboxylic acid groups (broad SMARTS) is 1. The second-order valence-corrected chi connectivity index (χ2v) is 8.21. The SMILES string of the molecule is CCc1cnc(-c2nc3c(OC)cccc3n2S(=O)(=O)N(C)C)c(C(=O)O)c1. The average molecular weight is 404 g/mol. The van der Waals surface area contributed by atoms with Gasteiger partial charge in [0.1, 0.15) is 17.0 Å². The molecule has 3 aromatic rings. The topological polar surface area (TPSA) is 115 Å². The number of hydrogen-bond donors (Lipinski definition) is 1. The molecule has 0 saturated carbocycles. The molecule has 0 saturated heterocycles. The van der Waals surface area contributed by atoms with Gasteiger partial charge in [-0.2, -0.15) is 12.7 Å². The highest BCUT2D eigenvalue weighted by atomic mass is 32.2. The molecule has 9 nitrogen and oxygen atoms in total. The molecule has 2 heterocycles. The number of aromatic nitrogens is 3. The van der Waals surface area contributed by atoms with Crippen LogP contribution in [0.1, 0.15) is 22.8 Å². The van der Waals surface area contributed by atoms with Crippen molar-refractivity contribution in [3.63, 3.8) is 0 Å². The molecule has 0 unspecified atom stereocenters. The summed E-state index contributed by atoms with van der Waals surface area (Å²) in [6.07, 6.45) is 2.11. The van der Waals surface area contributed by atoms with Gasteiger partial charge in [0.15, 0.2) is 5.82 Å². The van der Waals surface area contributed by atoms with Gasteiger partial charge in [0, 0.05) is 20.3 Å². The lowest BCUT2D eigenvalue weighted by molar-refractivity contribution is 0.0697. The summed E-state index contributed by atoms with van der Waals surface area (Å²) in [7, 11) is 0.198. The number of nitrogens with zero attached hydrogens (tertiary/aromatic N) is 4. The fourth-order valence-electron chi connectivity index (χ4n) is 2.81. The van der Waals surface area contributed by atoms with Gasteiger partial charge >= 0.3 is 16.2 Å². The fraction of sp³-hybridized carbons (Fsp3) is 0.278. The first-order valence-electron chi connectivity index (χ1n) is 8.43. The number of rotatable bonds is 6. The summed E-state index contributed by atoms with van der Waals surface area (Å²) in [6, 6.07) is 6.35. The van der Waals surface area contributed by atoms with E-state index in [9.17, 15) is 18.3 Å². The molecule has 0 spiro atoms. The summed E-state index contributed by atoms with van der Waals surface area (Å²) in [5.41, 5.74) is 1.12. The number of para-hydroxylation sites is 1. The zero-order valence-electron chi connectivity index (χ0n) is 15.9. The number of imidazole rings is 1. The van der Waals surface area contributed by atoms with Crippen LogP contribution in [0.4, 0.5) is 0 Å². The van der Waals surface area contributed by atoms with Crippen LogP contribution in [0.15, 0.2) is 30.5 Å². The third kappa shape index (κ3) is 3.10. The predicted octanol–water partition coefficient (Wildman–Crippen LogP) is 2.02. The van der Waals surface area contributed by atoms with Gasteiger partial charge in [-0.25, -0.2) is 13.8 Å². The Kier molecular flexibility index (Phi) is 5.09. The Bertz CT molecular complexity index is 1170. The first-order valence-corrected chi connectivity index (χ1v) is 9.83. The van der Waals surface area contributed by atoms with E-state index in [4.69, 9.17) is 4.74 Å². The average Bonchev–Trinajstić information content (AvgIpc) is 3.07. The number of fused-ring (bicyclic) bond motifs is 1. The molecule has 10 heteroatoms. The van der Waals surface area contributed by atoms with Gasteiger partial charge in [-0.15, -0.1) is 0 Å². The maximum absolute atomic E-state index is 13.0. The van der Waals surface area contributed by atoms with E-state index < -0.39 is 16.2 Å². The lowest BCUT2D eigenvalue weighted by atomic mass is 10.1. The quantitative estimate of drug-likeness (QED) is 0.668. The van der Waals surface area contributed by atoms with Crippen molar-refractivity contribution in [1.82, 2.24) is 18.2 Å². The molecule has 0 radical (unpaired) electrons. The van der Waals surface area contributed by atoms with E-state index in [2.05, 4.69) is 9.97 Å². The first-order chi connectivity index (χ1) is 13.2. The maximum atomic E-state index is 13.0. The number of ether oxygens (including phenoxy) is 1. The number of methoxy groups -OCH3 is 1. The van der Waals surface area contributed by atoms with Gasteiger partial charge in [-0.1, -0.05) is 13.0 Å². The summed E-state index contributed by atoms with van der Waals surface area (Å²) < 4.78 is 33.4. The van der Waals surface area contributed by atoms with E-state index in [0.29, 0.717) is 17.7 Å². The van der Waals surface area contributed by atoms with Gasteiger partial charge in [0.25, 0.3) is 0 Å². The Morgan fingerprint density at radius 3 is 2.61 bits per heavy atom. The number of aryl methyl sites for hydroxylation is 1. The number of hydrogen-bond acceptors (Lipinski definition) is 6. The Hall–Kier alpha value is -2.98. The van der Waals surface area contributed by atoms with Crippen molar-refractivity contribution in [3.05, 3.63) is 41.6 Å². The number of aromatic carboxylic acids is 1. The Labute approximate surface area is 162 Å². The summed E-state index contributed by atoms with van der Waals surface area (Å²) >= 11 is 0. The summed E-state index contributed by atoms with van der Waals surface area (Å²) in [5.74, 6) is -0.938. The van der Waals surface area contributed by atoms with Gasteiger partial charge < -0.3 is 9.84 Å². The number of carboxylic acids is 1. The molecule has 0 aliphatic rings. The maximum Gasteiger partial charge on any atom is 0.338 e. The second kappa shape index (κ2) is 7.21. The Morgan fingerprint density at radius 1 is 1.32 bits per heavy atom. The predicted molar refractivity (Wildman–Crippen MR) is 104 cm³/mol. The zero-order valence-corrected chi connectivity index (χ0v) is 16.7. The molecule has 148 valence electrons. The highest BCUT2D eigenvalue weighted by molar-refractivity contribution is 7.87. The molecule has 0 aliphatic carbocycles. The Balaban J connectivity index is 2.47. The smallest absolute Gasteiger partial charge is 0.338 e. The molecule has 0 atom stereocenters. The van der Waals surface area contributed by atoms with Crippen molar-refractivity contribution >= 4 is 27.2 Å². The van der Waals surface area contributed by atoms with Crippen molar-refractivity contribution in [2.24, 2.45) is 0 Å². The molecule has 0 fully saturated rings. The van der Waals surface area contributed by atoms with Crippen LogP contribution in [0.25, 0.3) is 22.6 Å². The van der Waals surface area contributed by atoms with E-state index in [1.807, 2.05) is 6.92 Å². The normalized spacial score (nSPS) is 11.9.